The quantitative estimate of drug-likeness (QED) is 0.204. The van der Waals surface area contributed by atoms with E-state index in [0.29, 0.717) is 0 Å². The van der Waals surface area contributed by atoms with E-state index in [9.17, 15) is 0 Å². The molecule has 0 N–H and O–H groups in total. The molecule has 0 unspecified atom stereocenters. The molecule has 43 heavy (non-hydrogen) atoms. The molecule has 0 aliphatic carbocycles. The summed E-state index contributed by atoms with van der Waals surface area (Å²) in [5.74, 6) is 0. The summed E-state index contributed by atoms with van der Waals surface area (Å²) < 4.78 is 0. The SMILES string of the molecule is Cc1ccc(-c2c3ccccc3c(-c3ccc4ccc(-c5cccc(-c6ccncc6)n5)cc4c3)c3ccccc23)cc1. The van der Waals surface area contributed by atoms with Crippen molar-refractivity contribution < 1.29 is 0 Å². The molecule has 0 bridgehead atoms. The molecule has 2 nitrogen and oxygen atoms in total. The lowest BCUT2D eigenvalue weighted by Gasteiger charge is -2.18. The fourth-order valence-corrected chi connectivity index (χ4v) is 6.31. The summed E-state index contributed by atoms with van der Waals surface area (Å²) in [7, 11) is 0. The average molecular weight is 549 g/mol. The van der Waals surface area contributed by atoms with E-state index in [2.05, 4.69) is 139 Å². The molecule has 0 saturated heterocycles. The molecule has 0 aliphatic rings. The second-order valence-electron chi connectivity index (χ2n) is 11.1. The minimum Gasteiger partial charge on any atom is -0.265 e. The van der Waals surface area contributed by atoms with Crippen molar-refractivity contribution in [2.45, 2.75) is 6.92 Å². The van der Waals surface area contributed by atoms with Crippen molar-refractivity contribution in [3.05, 3.63) is 157 Å². The maximum absolute atomic E-state index is 5.00. The standard InChI is InChI=1S/C41H28N2/c1-27-13-15-30(16-14-27)40-34-7-2-4-9-36(34)41(37-10-5-3-8-35(37)40)32-20-18-28-17-19-31(25-33(28)26-32)39-12-6-11-38(43-39)29-21-23-42-24-22-29/h2-26H,1H3. The zero-order valence-corrected chi connectivity index (χ0v) is 23.8. The summed E-state index contributed by atoms with van der Waals surface area (Å²) in [4.78, 5) is 9.15. The third-order valence-electron chi connectivity index (χ3n) is 8.42. The van der Waals surface area contributed by atoms with Crippen LogP contribution in [0.2, 0.25) is 0 Å². The highest BCUT2D eigenvalue weighted by molar-refractivity contribution is 6.21. The first-order chi connectivity index (χ1) is 21.2. The Kier molecular flexibility index (Phi) is 6.05. The molecule has 2 heteroatoms. The maximum atomic E-state index is 5.00. The van der Waals surface area contributed by atoms with Crippen LogP contribution in [-0.4, -0.2) is 9.97 Å². The summed E-state index contributed by atoms with van der Waals surface area (Å²) >= 11 is 0. The molecule has 8 aromatic rings. The monoisotopic (exact) mass is 548 g/mol. The van der Waals surface area contributed by atoms with Crippen molar-refractivity contribution >= 4 is 32.3 Å². The van der Waals surface area contributed by atoms with E-state index in [4.69, 9.17) is 4.98 Å². The number of aromatic nitrogens is 2. The van der Waals surface area contributed by atoms with Gasteiger partial charge in [-0.25, -0.2) is 4.98 Å². The number of fused-ring (bicyclic) bond motifs is 3. The second-order valence-corrected chi connectivity index (χ2v) is 11.1. The van der Waals surface area contributed by atoms with Gasteiger partial charge in [0.2, 0.25) is 0 Å². The molecule has 0 atom stereocenters. The van der Waals surface area contributed by atoms with Gasteiger partial charge in [-0.2, -0.15) is 0 Å². The minimum absolute atomic E-state index is 0.945. The molecule has 202 valence electrons. The Morgan fingerprint density at radius 3 is 1.53 bits per heavy atom. The number of aryl methyl sites for hydroxylation is 1. The van der Waals surface area contributed by atoms with Gasteiger partial charge in [0.05, 0.1) is 11.4 Å². The molecule has 0 fully saturated rings. The van der Waals surface area contributed by atoms with Crippen LogP contribution in [0.15, 0.2) is 152 Å². The van der Waals surface area contributed by atoms with E-state index in [1.165, 1.54) is 60.1 Å². The highest BCUT2D eigenvalue weighted by Crippen LogP contribution is 2.44. The smallest absolute Gasteiger partial charge is 0.0710 e. The van der Waals surface area contributed by atoms with E-state index in [1.807, 2.05) is 24.5 Å². The van der Waals surface area contributed by atoms with Gasteiger partial charge in [0, 0.05) is 23.5 Å². The molecule has 2 heterocycles. The highest BCUT2D eigenvalue weighted by Gasteiger charge is 2.16. The van der Waals surface area contributed by atoms with Gasteiger partial charge in [-0.1, -0.05) is 109 Å². The fraction of sp³-hybridized carbons (Fsp3) is 0.0244. The molecule has 0 aliphatic heterocycles. The van der Waals surface area contributed by atoms with E-state index >= 15 is 0 Å². The van der Waals surface area contributed by atoms with Crippen LogP contribution in [0.1, 0.15) is 5.56 Å². The number of rotatable bonds is 4. The van der Waals surface area contributed by atoms with Crippen LogP contribution in [0.4, 0.5) is 0 Å². The molecule has 8 rings (SSSR count). The lowest BCUT2D eigenvalue weighted by atomic mass is 9.85. The van der Waals surface area contributed by atoms with Crippen molar-refractivity contribution in [2.24, 2.45) is 0 Å². The van der Waals surface area contributed by atoms with Gasteiger partial charge in [-0.05, 0) is 97.9 Å². The largest absolute Gasteiger partial charge is 0.265 e. The summed E-state index contributed by atoms with van der Waals surface area (Å²) in [5, 5.41) is 7.47. The van der Waals surface area contributed by atoms with Crippen molar-refractivity contribution in [2.75, 3.05) is 0 Å². The van der Waals surface area contributed by atoms with Crippen LogP contribution in [-0.2, 0) is 0 Å². The van der Waals surface area contributed by atoms with Crippen LogP contribution >= 0.6 is 0 Å². The van der Waals surface area contributed by atoms with Crippen molar-refractivity contribution in [3.63, 3.8) is 0 Å². The zero-order valence-electron chi connectivity index (χ0n) is 23.8. The maximum Gasteiger partial charge on any atom is 0.0710 e. The Balaban J connectivity index is 1.32. The van der Waals surface area contributed by atoms with Crippen LogP contribution in [0, 0.1) is 6.92 Å². The third kappa shape index (κ3) is 4.45. The molecule has 6 aromatic carbocycles. The predicted molar refractivity (Wildman–Crippen MR) is 181 cm³/mol. The first kappa shape index (κ1) is 25.1. The number of hydrogen-bond donors (Lipinski definition) is 0. The number of nitrogens with zero attached hydrogens (tertiary/aromatic N) is 2. The topological polar surface area (TPSA) is 25.8 Å². The zero-order chi connectivity index (χ0) is 28.8. The van der Waals surface area contributed by atoms with Gasteiger partial charge in [0.1, 0.15) is 0 Å². The Labute approximate surface area is 251 Å². The van der Waals surface area contributed by atoms with Gasteiger partial charge in [0.25, 0.3) is 0 Å². The normalized spacial score (nSPS) is 11.4. The van der Waals surface area contributed by atoms with Crippen LogP contribution in [0.25, 0.3) is 77.1 Å². The lowest BCUT2D eigenvalue weighted by molar-refractivity contribution is 1.29. The molecular formula is C41H28N2. The third-order valence-corrected chi connectivity index (χ3v) is 8.42. The predicted octanol–water partition coefficient (Wildman–Crippen LogP) is 10.9. The van der Waals surface area contributed by atoms with Gasteiger partial charge in [-0.15, -0.1) is 0 Å². The molecule has 0 saturated carbocycles. The van der Waals surface area contributed by atoms with Crippen LogP contribution in [0.3, 0.4) is 0 Å². The first-order valence-electron chi connectivity index (χ1n) is 14.7. The van der Waals surface area contributed by atoms with Gasteiger partial charge in [0.15, 0.2) is 0 Å². The molecule has 2 aromatic heterocycles. The van der Waals surface area contributed by atoms with Crippen molar-refractivity contribution in [1.29, 1.82) is 0 Å². The minimum atomic E-state index is 0.945. The van der Waals surface area contributed by atoms with E-state index in [-0.39, 0.29) is 0 Å². The van der Waals surface area contributed by atoms with E-state index in [0.717, 1.165) is 22.5 Å². The van der Waals surface area contributed by atoms with Crippen molar-refractivity contribution in [3.8, 4) is 44.8 Å². The molecule has 0 radical (unpaired) electrons. The molecular weight excluding hydrogens is 520 g/mol. The van der Waals surface area contributed by atoms with Crippen LogP contribution in [0.5, 0.6) is 0 Å². The average Bonchev–Trinajstić information content (AvgIpc) is 3.07. The summed E-state index contributed by atoms with van der Waals surface area (Å²) in [6.45, 7) is 2.14. The number of benzene rings is 6. The van der Waals surface area contributed by atoms with Crippen molar-refractivity contribution in [1.82, 2.24) is 9.97 Å². The second kappa shape index (κ2) is 10.3. The Hall–Kier alpha value is -5.60. The van der Waals surface area contributed by atoms with Gasteiger partial charge < -0.3 is 0 Å². The fourth-order valence-electron chi connectivity index (χ4n) is 6.31. The molecule has 0 spiro atoms. The first-order valence-corrected chi connectivity index (χ1v) is 14.7. The number of pyridine rings is 2. The van der Waals surface area contributed by atoms with Crippen LogP contribution < -0.4 is 0 Å². The number of hydrogen-bond acceptors (Lipinski definition) is 2. The van der Waals surface area contributed by atoms with Gasteiger partial charge >= 0.3 is 0 Å². The van der Waals surface area contributed by atoms with E-state index < -0.39 is 0 Å². The lowest BCUT2D eigenvalue weighted by Crippen LogP contribution is -1.91. The van der Waals surface area contributed by atoms with E-state index in [1.54, 1.807) is 0 Å². The van der Waals surface area contributed by atoms with Gasteiger partial charge in [-0.3, -0.25) is 4.98 Å². The Bertz CT molecular complexity index is 2230. The summed E-state index contributed by atoms with van der Waals surface area (Å²) in [6.07, 6.45) is 3.62. The summed E-state index contributed by atoms with van der Waals surface area (Å²) in [5.41, 5.74) is 10.4. The Morgan fingerprint density at radius 2 is 0.907 bits per heavy atom. The summed E-state index contributed by atoms with van der Waals surface area (Å²) in [6, 6.07) is 50.3. The highest BCUT2D eigenvalue weighted by atomic mass is 14.7. The Morgan fingerprint density at radius 1 is 0.395 bits per heavy atom. The molecule has 0 amide bonds.